The third-order valence-electron chi connectivity index (χ3n) is 4.14. The second-order valence-electron chi connectivity index (χ2n) is 6.71. The average molecular weight is 275 g/mol. The number of carboxylic acid groups (broad SMARTS) is 1. The maximum Gasteiger partial charge on any atom is 0.304 e. The molecule has 0 amide bonds. The lowest BCUT2D eigenvalue weighted by Gasteiger charge is -2.25. The number of carboxylic acids is 1. The zero-order chi connectivity index (χ0) is 14.8. The molecule has 1 aromatic rings. The van der Waals surface area contributed by atoms with Crippen LogP contribution in [-0.2, 0) is 10.2 Å². The molecule has 3 nitrogen and oxygen atoms in total. The SMILES string of the molecule is CC(C)(C)c1ccc(C2CCCN2CCC(=O)O)cc1. The molecule has 1 saturated heterocycles. The van der Waals surface area contributed by atoms with Gasteiger partial charge in [-0.25, -0.2) is 0 Å². The molecule has 1 aliphatic rings. The number of aliphatic carboxylic acids is 1. The summed E-state index contributed by atoms with van der Waals surface area (Å²) in [4.78, 5) is 13.0. The van der Waals surface area contributed by atoms with Gasteiger partial charge in [-0.05, 0) is 35.9 Å². The van der Waals surface area contributed by atoms with Crippen LogP contribution < -0.4 is 0 Å². The van der Waals surface area contributed by atoms with Gasteiger partial charge in [-0.2, -0.15) is 0 Å². The molecule has 0 aliphatic carbocycles. The van der Waals surface area contributed by atoms with E-state index in [4.69, 9.17) is 5.11 Å². The van der Waals surface area contributed by atoms with Crippen molar-refractivity contribution >= 4 is 5.97 Å². The lowest BCUT2D eigenvalue weighted by atomic mass is 9.86. The van der Waals surface area contributed by atoms with E-state index in [0.717, 1.165) is 19.4 Å². The molecule has 0 spiro atoms. The van der Waals surface area contributed by atoms with Crippen LogP contribution in [0.25, 0.3) is 0 Å². The maximum absolute atomic E-state index is 10.7. The van der Waals surface area contributed by atoms with Crippen LogP contribution in [0.15, 0.2) is 24.3 Å². The van der Waals surface area contributed by atoms with Crippen LogP contribution in [0.3, 0.4) is 0 Å². The summed E-state index contributed by atoms with van der Waals surface area (Å²) in [5.41, 5.74) is 2.84. The van der Waals surface area contributed by atoms with E-state index in [0.29, 0.717) is 12.6 Å². The fraction of sp³-hybridized carbons (Fsp3) is 0.588. The Morgan fingerprint density at radius 3 is 2.50 bits per heavy atom. The summed E-state index contributed by atoms with van der Waals surface area (Å²) in [6, 6.07) is 9.24. The minimum Gasteiger partial charge on any atom is -0.481 e. The molecule has 0 bridgehead atoms. The number of hydrogen-bond donors (Lipinski definition) is 1. The summed E-state index contributed by atoms with van der Waals surface area (Å²) in [5, 5.41) is 8.83. The van der Waals surface area contributed by atoms with Gasteiger partial charge in [0, 0.05) is 12.6 Å². The molecule has 1 N–H and O–H groups in total. The summed E-state index contributed by atoms with van der Waals surface area (Å²) in [6.07, 6.45) is 2.52. The summed E-state index contributed by atoms with van der Waals surface area (Å²) in [6.45, 7) is 8.32. The largest absolute Gasteiger partial charge is 0.481 e. The van der Waals surface area contributed by atoms with Crippen molar-refractivity contribution in [3.8, 4) is 0 Å². The Kier molecular flexibility index (Phi) is 4.48. The first kappa shape index (κ1) is 15.0. The van der Waals surface area contributed by atoms with Gasteiger partial charge in [-0.1, -0.05) is 45.0 Å². The Bertz CT molecular complexity index is 459. The maximum atomic E-state index is 10.7. The van der Waals surface area contributed by atoms with Crippen LogP contribution in [-0.4, -0.2) is 29.1 Å². The van der Waals surface area contributed by atoms with Crippen molar-refractivity contribution in [2.75, 3.05) is 13.1 Å². The van der Waals surface area contributed by atoms with Crippen molar-refractivity contribution in [2.45, 2.75) is 51.5 Å². The van der Waals surface area contributed by atoms with Gasteiger partial charge in [-0.15, -0.1) is 0 Å². The van der Waals surface area contributed by atoms with Gasteiger partial charge < -0.3 is 5.11 Å². The summed E-state index contributed by atoms with van der Waals surface area (Å²) in [7, 11) is 0. The van der Waals surface area contributed by atoms with Crippen molar-refractivity contribution in [1.82, 2.24) is 4.90 Å². The molecule has 0 aromatic heterocycles. The van der Waals surface area contributed by atoms with E-state index in [1.165, 1.54) is 11.1 Å². The lowest BCUT2D eigenvalue weighted by Crippen LogP contribution is -2.26. The Labute approximate surface area is 121 Å². The van der Waals surface area contributed by atoms with Gasteiger partial charge in [0.15, 0.2) is 0 Å². The van der Waals surface area contributed by atoms with Crippen molar-refractivity contribution in [1.29, 1.82) is 0 Å². The third-order valence-corrected chi connectivity index (χ3v) is 4.14. The molecule has 2 rings (SSSR count). The number of nitrogens with zero attached hydrogens (tertiary/aromatic N) is 1. The molecule has 1 aliphatic heterocycles. The van der Waals surface area contributed by atoms with E-state index in [-0.39, 0.29) is 11.8 Å². The Morgan fingerprint density at radius 1 is 1.30 bits per heavy atom. The quantitative estimate of drug-likeness (QED) is 0.912. The van der Waals surface area contributed by atoms with Crippen molar-refractivity contribution < 1.29 is 9.90 Å². The van der Waals surface area contributed by atoms with Gasteiger partial charge in [0.2, 0.25) is 0 Å². The molecule has 1 unspecified atom stereocenters. The molecule has 0 radical (unpaired) electrons. The van der Waals surface area contributed by atoms with Gasteiger partial charge >= 0.3 is 5.97 Å². The monoisotopic (exact) mass is 275 g/mol. The van der Waals surface area contributed by atoms with Crippen LogP contribution in [0.5, 0.6) is 0 Å². The van der Waals surface area contributed by atoms with E-state index >= 15 is 0 Å². The van der Waals surface area contributed by atoms with Crippen LogP contribution in [0.1, 0.15) is 57.2 Å². The van der Waals surface area contributed by atoms with Crippen molar-refractivity contribution in [3.05, 3.63) is 35.4 Å². The zero-order valence-corrected chi connectivity index (χ0v) is 12.7. The van der Waals surface area contributed by atoms with Gasteiger partial charge in [0.25, 0.3) is 0 Å². The van der Waals surface area contributed by atoms with Crippen LogP contribution >= 0.6 is 0 Å². The van der Waals surface area contributed by atoms with Crippen LogP contribution in [0, 0.1) is 0 Å². The average Bonchev–Trinajstić information content (AvgIpc) is 2.83. The first-order valence-electron chi connectivity index (χ1n) is 7.44. The fourth-order valence-electron chi connectivity index (χ4n) is 2.92. The highest BCUT2D eigenvalue weighted by molar-refractivity contribution is 5.66. The number of likely N-dealkylation sites (tertiary alicyclic amines) is 1. The number of rotatable bonds is 4. The lowest BCUT2D eigenvalue weighted by molar-refractivity contribution is -0.137. The highest BCUT2D eigenvalue weighted by Gasteiger charge is 2.26. The minimum atomic E-state index is -0.710. The molecule has 20 heavy (non-hydrogen) atoms. The third kappa shape index (κ3) is 3.60. The molecular formula is C17H25NO2. The van der Waals surface area contributed by atoms with Gasteiger partial charge in [-0.3, -0.25) is 9.69 Å². The molecule has 0 saturated carbocycles. The number of hydrogen-bond acceptors (Lipinski definition) is 2. The summed E-state index contributed by atoms with van der Waals surface area (Å²) < 4.78 is 0. The van der Waals surface area contributed by atoms with Crippen LogP contribution in [0.4, 0.5) is 0 Å². The molecule has 1 heterocycles. The van der Waals surface area contributed by atoms with Gasteiger partial charge in [0.05, 0.1) is 6.42 Å². The summed E-state index contributed by atoms with van der Waals surface area (Å²) in [5.74, 6) is -0.710. The fourth-order valence-corrected chi connectivity index (χ4v) is 2.92. The standard InChI is InChI=1S/C17H25NO2/c1-17(2,3)14-8-6-13(7-9-14)15-5-4-11-18(15)12-10-16(19)20/h6-9,15H,4-5,10-12H2,1-3H3,(H,19,20). The summed E-state index contributed by atoms with van der Waals surface area (Å²) >= 11 is 0. The van der Waals surface area contributed by atoms with E-state index in [9.17, 15) is 4.79 Å². The molecular weight excluding hydrogens is 250 g/mol. The molecule has 1 aromatic carbocycles. The molecule has 110 valence electrons. The number of benzene rings is 1. The zero-order valence-electron chi connectivity index (χ0n) is 12.7. The van der Waals surface area contributed by atoms with Gasteiger partial charge in [0.1, 0.15) is 0 Å². The van der Waals surface area contributed by atoms with Crippen LogP contribution in [0.2, 0.25) is 0 Å². The second-order valence-corrected chi connectivity index (χ2v) is 6.71. The highest BCUT2D eigenvalue weighted by Crippen LogP contribution is 2.33. The van der Waals surface area contributed by atoms with Crippen molar-refractivity contribution in [3.63, 3.8) is 0 Å². The molecule has 1 fully saturated rings. The highest BCUT2D eigenvalue weighted by atomic mass is 16.4. The predicted molar refractivity (Wildman–Crippen MR) is 80.9 cm³/mol. The molecule has 3 heteroatoms. The second kappa shape index (κ2) is 5.96. The number of carbonyl (C=O) groups is 1. The molecule has 1 atom stereocenters. The van der Waals surface area contributed by atoms with Crippen molar-refractivity contribution in [2.24, 2.45) is 0 Å². The minimum absolute atomic E-state index is 0.178. The Morgan fingerprint density at radius 2 is 1.95 bits per heavy atom. The van der Waals surface area contributed by atoms with E-state index in [1.54, 1.807) is 0 Å². The topological polar surface area (TPSA) is 40.5 Å². The van der Waals surface area contributed by atoms with E-state index < -0.39 is 5.97 Å². The Hall–Kier alpha value is -1.35. The van der Waals surface area contributed by atoms with E-state index in [1.807, 2.05) is 0 Å². The predicted octanol–water partition coefficient (Wildman–Crippen LogP) is 3.60. The Balaban J connectivity index is 2.08. The smallest absolute Gasteiger partial charge is 0.304 e. The normalized spacial score (nSPS) is 20.2. The first-order valence-corrected chi connectivity index (χ1v) is 7.44. The van der Waals surface area contributed by atoms with E-state index in [2.05, 4.69) is 49.9 Å². The first-order chi connectivity index (χ1) is 9.38.